The molecule has 1 aliphatic heterocycles. The molecule has 3 aromatic carbocycles. The van der Waals surface area contributed by atoms with E-state index < -0.39 is 24.2 Å². The van der Waals surface area contributed by atoms with Gasteiger partial charge in [0.1, 0.15) is 46.0 Å². The summed E-state index contributed by atoms with van der Waals surface area (Å²) in [6, 6.07) is 18.3. The van der Waals surface area contributed by atoms with E-state index in [9.17, 15) is 36.9 Å². The lowest BCUT2D eigenvalue weighted by Crippen LogP contribution is -2.17. The van der Waals surface area contributed by atoms with E-state index in [1.54, 1.807) is 36.4 Å². The topological polar surface area (TPSA) is 117 Å². The number of hydrogen-bond acceptors (Lipinski definition) is 11. The first kappa shape index (κ1) is 31.5. The summed E-state index contributed by atoms with van der Waals surface area (Å²) in [7, 11) is 0. The molecular weight excluding hydrogens is 719 g/mol. The van der Waals surface area contributed by atoms with Crippen LogP contribution in [0, 0.1) is 22.7 Å². The lowest BCUT2D eigenvalue weighted by atomic mass is 10.0. The molecule has 0 spiro atoms. The van der Waals surface area contributed by atoms with Gasteiger partial charge in [-0.1, -0.05) is 12.1 Å². The van der Waals surface area contributed by atoms with Gasteiger partial charge in [0, 0.05) is 30.6 Å². The van der Waals surface area contributed by atoms with Crippen LogP contribution in [0.3, 0.4) is 0 Å². The molecule has 0 radical (unpaired) electrons. The molecule has 7 rings (SSSR count). The summed E-state index contributed by atoms with van der Waals surface area (Å²) in [6.07, 6.45) is -9.95. The number of thiophene rings is 2. The van der Waals surface area contributed by atoms with Crippen molar-refractivity contribution in [1.29, 1.82) is 10.5 Å². The standard InChI is InChI=1S/C30H10F6N6O2S4/c31-29(32,33)43-17-9-13(1-3-15(17)11-37)19-5-7-21(45-19)23-25-27(41-47-39-25)24(28-26(23)40-48-42-28)22-8-6-20(46-22)14-2-4-16(12-38)18(10-14)44-30(34,35)36/h1-10H. The third-order valence-corrected chi connectivity index (χ3v) is 10.2. The van der Waals surface area contributed by atoms with Crippen molar-refractivity contribution in [2.24, 2.45) is 8.73 Å². The molecule has 0 fully saturated rings. The van der Waals surface area contributed by atoms with Crippen LogP contribution in [0.1, 0.15) is 11.1 Å². The van der Waals surface area contributed by atoms with Gasteiger partial charge in [-0.05, 0) is 59.7 Å². The molecule has 0 unspecified atom stereocenters. The highest BCUT2D eigenvalue weighted by Gasteiger charge is 2.34. The minimum atomic E-state index is -4.98. The third-order valence-electron chi connectivity index (χ3n) is 6.85. The van der Waals surface area contributed by atoms with Crippen LogP contribution in [-0.2, 0) is 11.4 Å². The fourth-order valence-electron chi connectivity index (χ4n) is 4.93. The number of alkyl halides is 6. The fourth-order valence-corrected chi connectivity index (χ4v) is 8.15. The van der Waals surface area contributed by atoms with Crippen LogP contribution in [0.5, 0.6) is 11.5 Å². The van der Waals surface area contributed by atoms with E-state index in [0.717, 1.165) is 35.2 Å². The second kappa shape index (κ2) is 11.8. The van der Waals surface area contributed by atoms with E-state index in [0.29, 0.717) is 64.2 Å². The van der Waals surface area contributed by atoms with Crippen molar-refractivity contribution in [2.45, 2.75) is 12.7 Å². The number of nitriles is 2. The number of ether oxygens (including phenoxy) is 2. The second-order valence-corrected chi connectivity index (χ2v) is 13.0. The maximum atomic E-state index is 13.0. The first-order valence-electron chi connectivity index (χ1n) is 13.1. The van der Waals surface area contributed by atoms with Gasteiger partial charge < -0.3 is 9.47 Å². The van der Waals surface area contributed by atoms with Crippen LogP contribution in [0.25, 0.3) is 52.8 Å². The van der Waals surface area contributed by atoms with Crippen molar-refractivity contribution in [1.82, 2.24) is 8.75 Å². The Balaban J connectivity index is 1.29. The first-order valence-corrected chi connectivity index (χ1v) is 16.2. The molecule has 0 bridgehead atoms. The zero-order chi connectivity index (χ0) is 33.8. The SMILES string of the molecule is N#Cc1ccc(-c2ccc(-c3c4c(c(-c5ccc(-c6ccc(C#N)c(OC(F)(F)F)c6)s5)c5nsnc35)N=S=N4)s2)cc1OC(F)(F)F. The predicted molar refractivity (Wildman–Crippen MR) is 169 cm³/mol. The Morgan fingerprint density at radius 3 is 1.40 bits per heavy atom. The van der Waals surface area contributed by atoms with Crippen molar-refractivity contribution >= 4 is 68.2 Å². The average molecular weight is 729 g/mol. The molecule has 8 nitrogen and oxygen atoms in total. The molecule has 6 aromatic rings. The number of fused-ring (bicyclic) bond motifs is 2. The van der Waals surface area contributed by atoms with Gasteiger partial charge >= 0.3 is 12.7 Å². The number of hydrogen-bond donors (Lipinski definition) is 0. The van der Waals surface area contributed by atoms with Crippen molar-refractivity contribution in [3.8, 4) is 65.4 Å². The Morgan fingerprint density at radius 2 is 1.00 bits per heavy atom. The highest BCUT2D eigenvalue weighted by molar-refractivity contribution is 7.58. The van der Waals surface area contributed by atoms with Crippen LogP contribution in [0.4, 0.5) is 37.7 Å². The molecular formula is C30H10F6N6O2S4. The number of nitrogens with zero attached hydrogens (tertiary/aromatic N) is 6. The zero-order valence-corrected chi connectivity index (χ0v) is 26.4. The number of aromatic nitrogens is 2. The molecule has 4 heterocycles. The average Bonchev–Trinajstić information content (AvgIpc) is 3.85. The zero-order valence-electron chi connectivity index (χ0n) is 23.2. The predicted octanol–water partition coefficient (Wildman–Crippen LogP) is 10.7. The van der Waals surface area contributed by atoms with Crippen molar-refractivity contribution in [3.63, 3.8) is 0 Å². The quantitative estimate of drug-likeness (QED) is 0.157. The monoisotopic (exact) mass is 728 g/mol. The largest absolute Gasteiger partial charge is 0.573 e. The summed E-state index contributed by atoms with van der Waals surface area (Å²) in [4.78, 5) is 2.57. The van der Waals surface area contributed by atoms with Gasteiger partial charge in [0.25, 0.3) is 0 Å². The van der Waals surface area contributed by atoms with Gasteiger partial charge in [0.2, 0.25) is 0 Å². The lowest BCUT2D eigenvalue weighted by molar-refractivity contribution is -0.275. The molecule has 1 aliphatic rings. The van der Waals surface area contributed by atoms with Gasteiger partial charge in [0.15, 0.2) is 0 Å². The van der Waals surface area contributed by atoms with Crippen LogP contribution in [0.15, 0.2) is 69.4 Å². The molecule has 0 aliphatic carbocycles. The Labute approximate surface area is 280 Å². The van der Waals surface area contributed by atoms with E-state index in [1.807, 2.05) is 0 Å². The van der Waals surface area contributed by atoms with Crippen LogP contribution >= 0.6 is 34.4 Å². The molecule has 3 aromatic heterocycles. The van der Waals surface area contributed by atoms with Crippen molar-refractivity contribution in [2.75, 3.05) is 0 Å². The number of halogens is 6. The molecule has 0 saturated carbocycles. The summed E-state index contributed by atoms with van der Waals surface area (Å²) in [5.41, 5.74) is 3.58. The van der Waals surface area contributed by atoms with E-state index in [-0.39, 0.29) is 11.1 Å². The summed E-state index contributed by atoms with van der Waals surface area (Å²) in [5.74, 6) is -1.22. The Bertz CT molecular complexity index is 2270. The Kier molecular flexibility index (Phi) is 7.75. The highest BCUT2D eigenvalue weighted by atomic mass is 32.1. The van der Waals surface area contributed by atoms with Crippen LogP contribution in [0.2, 0.25) is 0 Å². The van der Waals surface area contributed by atoms with Gasteiger partial charge in [-0.2, -0.15) is 28.0 Å². The van der Waals surface area contributed by atoms with Gasteiger partial charge in [-0.25, -0.2) is 0 Å². The number of benzene rings is 3. The molecule has 0 amide bonds. The molecule has 0 atom stereocenters. The van der Waals surface area contributed by atoms with Crippen LogP contribution in [-0.4, -0.2) is 21.5 Å². The Hall–Kier alpha value is -5.14. The smallest absolute Gasteiger partial charge is 0.404 e. The normalized spacial score (nSPS) is 12.4. The lowest BCUT2D eigenvalue weighted by Gasteiger charge is -2.11. The van der Waals surface area contributed by atoms with Gasteiger partial charge in [-0.15, -0.1) is 49.0 Å². The fraction of sp³-hybridized carbons (Fsp3) is 0.0667. The maximum Gasteiger partial charge on any atom is 0.573 e. The summed E-state index contributed by atoms with van der Waals surface area (Å²) >= 11 is 4.46. The minimum Gasteiger partial charge on any atom is -0.404 e. The van der Waals surface area contributed by atoms with E-state index in [4.69, 9.17) is 0 Å². The van der Waals surface area contributed by atoms with E-state index >= 15 is 0 Å². The Morgan fingerprint density at radius 1 is 0.583 bits per heavy atom. The summed E-state index contributed by atoms with van der Waals surface area (Å²) in [6.45, 7) is 0. The minimum absolute atomic E-state index is 0.264. The van der Waals surface area contributed by atoms with Crippen LogP contribution < -0.4 is 9.47 Å². The second-order valence-electron chi connectivity index (χ2n) is 9.74. The molecule has 238 valence electrons. The van der Waals surface area contributed by atoms with Crippen molar-refractivity contribution in [3.05, 3.63) is 71.8 Å². The van der Waals surface area contributed by atoms with Gasteiger partial charge in [-0.3, -0.25) is 0 Å². The van der Waals surface area contributed by atoms with E-state index in [2.05, 4.69) is 26.9 Å². The maximum absolute atomic E-state index is 13.0. The van der Waals surface area contributed by atoms with E-state index in [1.165, 1.54) is 46.9 Å². The highest BCUT2D eigenvalue weighted by Crippen LogP contribution is 2.55. The molecule has 18 heteroatoms. The summed E-state index contributed by atoms with van der Waals surface area (Å²) < 4.78 is 104. The summed E-state index contributed by atoms with van der Waals surface area (Å²) in [5, 5.41) is 18.5. The molecule has 0 saturated heterocycles. The van der Waals surface area contributed by atoms with Gasteiger partial charge in [0.05, 0.1) is 34.2 Å². The molecule has 48 heavy (non-hydrogen) atoms. The number of rotatable bonds is 6. The molecule has 0 N–H and O–H groups in total. The first-order chi connectivity index (χ1) is 22.9. The van der Waals surface area contributed by atoms with Crippen molar-refractivity contribution < 1.29 is 35.8 Å². The third kappa shape index (κ3) is 5.90.